The Hall–Kier alpha value is -0.670. The van der Waals surface area contributed by atoms with Crippen molar-refractivity contribution >= 4 is 11.9 Å². The predicted molar refractivity (Wildman–Crippen MR) is 69.1 cm³/mol. The van der Waals surface area contributed by atoms with E-state index in [0.717, 1.165) is 12.2 Å². The van der Waals surface area contributed by atoms with Gasteiger partial charge in [-0.1, -0.05) is 0 Å². The molecule has 2 N–H and O–H groups in total. The largest absolute Gasteiger partial charge is 0.487 e. The summed E-state index contributed by atoms with van der Waals surface area (Å²) in [6.45, 7) is 10.7. The highest BCUT2D eigenvalue weighted by Gasteiger charge is 2.34. The lowest BCUT2D eigenvalue weighted by atomic mass is 9.94. The van der Waals surface area contributed by atoms with E-state index in [9.17, 15) is 0 Å². The summed E-state index contributed by atoms with van der Waals surface area (Å²) in [6.07, 6.45) is 0.975. The van der Waals surface area contributed by atoms with E-state index in [-0.39, 0.29) is 5.60 Å². The standard InChI is InChI=1S/C13H19NOS/c1-7-8(2)12(16-14)9(3)10-6-13(4,5)15-11(7)10/h6,14H2,1-5H3. The van der Waals surface area contributed by atoms with Crippen molar-refractivity contribution in [2.75, 3.05) is 0 Å². The topological polar surface area (TPSA) is 35.2 Å². The van der Waals surface area contributed by atoms with Gasteiger partial charge in [0.1, 0.15) is 11.4 Å². The molecule has 1 aromatic rings. The fraction of sp³-hybridized carbons (Fsp3) is 0.538. The second-order valence-electron chi connectivity index (χ2n) is 5.17. The van der Waals surface area contributed by atoms with Crippen LogP contribution in [0.25, 0.3) is 0 Å². The molecule has 3 heteroatoms. The zero-order valence-electron chi connectivity index (χ0n) is 10.6. The lowest BCUT2D eigenvalue weighted by Gasteiger charge is -2.18. The number of nitrogens with two attached hydrogens (primary N) is 1. The molecule has 0 fully saturated rings. The molecule has 1 aliphatic heterocycles. The van der Waals surface area contributed by atoms with Crippen LogP contribution in [0.3, 0.4) is 0 Å². The summed E-state index contributed by atoms with van der Waals surface area (Å²) in [4.78, 5) is 1.21. The maximum atomic E-state index is 6.04. The molecule has 0 saturated heterocycles. The number of rotatable bonds is 1. The summed E-state index contributed by atoms with van der Waals surface area (Å²) in [7, 11) is 0. The Balaban J connectivity index is 2.68. The van der Waals surface area contributed by atoms with Crippen LogP contribution >= 0.6 is 11.9 Å². The van der Waals surface area contributed by atoms with Crippen LogP contribution in [0.15, 0.2) is 4.90 Å². The van der Waals surface area contributed by atoms with E-state index < -0.39 is 0 Å². The van der Waals surface area contributed by atoms with E-state index in [1.165, 1.54) is 39.1 Å². The summed E-state index contributed by atoms with van der Waals surface area (Å²) >= 11 is 1.35. The van der Waals surface area contributed by atoms with Gasteiger partial charge < -0.3 is 4.74 Å². The molecule has 0 amide bonds. The molecule has 1 aromatic carbocycles. The third kappa shape index (κ3) is 1.62. The molecule has 0 aromatic heterocycles. The lowest BCUT2D eigenvalue weighted by molar-refractivity contribution is 0.137. The van der Waals surface area contributed by atoms with Crippen LogP contribution in [0.2, 0.25) is 0 Å². The van der Waals surface area contributed by atoms with E-state index >= 15 is 0 Å². The first-order valence-corrected chi connectivity index (χ1v) is 6.43. The third-order valence-electron chi connectivity index (χ3n) is 3.41. The Kier molecular flexibility index (Phi) is 2.71. The first-order chi connectivity index (χ1) is 7.37. The van der Waals surface area contributed by atoms with E-state index in [2.05, 4.69) is 34.6 Å². The first-order valence-electron chi connectivity index (χ1n) is 5.56. The molecular formula is C13H19NOS. The Morgan fingerprint density at radius 1 is 1.12 bits per heavy atom. The van der Waals surface area contributed by atoms with Gasteiger partial charge in [-0.25, -0.2) is 0 Å². The minimum absolute atomic E-state index is 0.0812. The van der Waals surface area contributed by atoms with Gasteiger partial charge in [0.2, 0.25) is 0 Å². The zero-order chi connectivity index (χ0) is 12.1. The predicted octanol–water partition coefficient (Wildman–Crippen LogP) is 3.29. The highest BCUT2D eigenvalue weighted by Crippen LogP contribution is 2.44. The Morgan fingerprint density at radius 3 is 2.31 bits per heavy atom. The van der Waals surface area contributed by atoms with Gasteiger partial charge in [0, 0.05) is 16.9 Å². The highest BCUT2D eigenvalue weighted by atomic mass is 32.2. The second kappa shape index (κ2) is 3.67. The van der Waals surface area contributed by atoms with Crippen molar-refractivity contribution in [1.82, 2.24) is 0 Å². The Labute approximate surface area is 102 Å². The molecule has 0 aliphatic carbocycles. The van der Waals surface area contributed by atoms with E-state index in [1.807, 2.05) is 0 Å². The molecule has 0 spiro atoms. The van der Waals surface area contributed by atoms with Gasteiger partial charge in [-0.3, -0.25) is 5.14 Å². The monoisotopic (exact) mass is 237 g/mol. The van der Waals surface area contributed by atoms with Crippen molar-refractivity contribution in [3.63, 3.8) is 0 Å². The molecular weight excluding hydrogens is 218 g/mol. The van der Waals surface area contributed by atoms with Crippen molar-refractivity contribution in [1.29, 1.82) is 0 Å². The van der Waals surface area contributed by atoms with Crippen LogP contribution in [0.1, 0.15) is 36.1 Å². The number of hydrogen-bond acceptors (Lipinski definition) is 3. The van der Waals surface area contributed by atoms with Gasteiger partial charge in [-0.2, -0.15) is 0 Å². The third-order valence-corrected chi connectivity index (χ3v) is 4.26. The summed E-state index contributed by atoms with van der Waals surface area (Å²) in [5.74, 6) is 1.08. The minimum Gasteiger partial charge on any atom is -0.487 e. The average molecular weight is 237 g/mol. The Bertz CT molecular complexity index is 452. The molecule has 1 heterocycles. The normalized spacial score (nSPS) is 17.1. The van der Waals surface area contributed by atoms with Crippen molar-refractivity contribution in [2.24, 2.45) is 5.14 Å². The molecule has 88 valence electrons. The van der Waals surface area contributed by atoms with Gasteiger partial charge in [0.15, 0.2) is 0 Å². The lowest BCUT2D eigenvalue weighted by Crippen LogP contribution is -2.24. The molecule has 0 bridgehead atoms. The second-order valence-corrected chi connectivity index (χ2v) is 5.81. The van der Waals surface area contributed by atoms with Crippen LogP contribution in [0, 0.1) is 20.8 Å². The van der Waals surface area contributed by atoms with Gasteiger partial charge in [0.25, 0.3) is 0 Å². The van der Waals surface area contributed by atoms with E-state index in [4.69, 9.17) is 9.88 Å². The maximum Gasteiger partial charge on any atom is 0.126 e. The molecule has 16 heavy (non-hydrogen) atoms. The van der Waals surface area contributed by atoms with Gasteiger partial charge in [0.05, 0.1) is 0 Å². The number of hydrogen-bond donors (Lipinski definition) is 1. The number of ether oxygens (including phenoxy) is 1. The van der Waals surface area contributed by atoms with Crippen molar-refractivity contribution in [3.05, 3.63) is 22.3 Å². The van der Waals surface area contributed by atoms with E-state index in [1.54, 1.807) is 0 Å². The van der Waals surface area contributed by atoms with Gasteiger partial charge in [-0.15, -0.1) is 0 Å². The molecule has 2 nitrogen and oxygen atoms in total. The molecule has 0 unspecified atom stereocenters. The van der Waals surface area contributed by atoms with Crippen LogP contribution in [-0.2, 0) is 6.42 Å². The fourth-order valence-electron chi connectivity index (χ4n) is 2.42. The van der Waals surface area contributed by atoms with Gasteiger partial charge in [-0.05, 0) is 63.3 Å². The molecule has 1 aliphatic rings. The summed E-state index contributed by atoms with van der Waals surface area (Å²) in [6, 6.07) is 0. The quantitative estimate of drug-likeness (QED) is 0.761. The van der Waals surface area contributed by atoms with Crippen LogP contribution in [0.4, 0.5) is 0 Å². The van der Waals surface area contributed by atoms with Crippen molar-refractivity contribution in [3.8, 4) is 5.75 Å². The van der Waals surface area contributed by atoms with Gasteiger partial charge >= 0.3 is 0 Å². The first kappa shape index (κ1) is 11.8. The molecule has 0 radical (unpaired) electrons. The SMILES string of the molecule is Cc1c(C)c(SN)c(C)c2c1OC(C)(C)C2. The molecule has 2 rings (SSSR count). The molecule has 0 atom stereocenters. The van der Waals surface area contributed by atoms with Crippen LogP contribution in [-0.4, -0.2) is 5.60 Å². The minimum atomic E-state index is -0.0812. The van der Waals surface area contributed by atoms with Crippen LogP contribution in [0.5, 0.6) is 5.75 Å². The highest BCUT2D eigenvalue weighted by molar-refractivity contribution is 7.97. The summed E-state index contributed by atoms with van der Waals surface area (Å²) in [5, 5.41) is 5.76. The number of fused-ring (bicyclic) bond motifs is 1. The van der Waals surface area contributed by atoms with Crippen molar-refractivity contribution in [2.45, 2.75) is 51.5 Å². The average Bonchev–Trinajstić information content (AvgIpc) is 2.52. The zero-order valence-corrected chi connectivity index (χ0v) is 11.4. The molecule has 0 saturated carbocycles. The smallest absolute Gasteiger partial charge is 0.126 e. The summed E-state index contributed by atoms with van der Waals surface area (Å²) in [5.41, 5.74) is 5.03. The maximum absolute atomic E-state index is 6.04. The fourth-order valence-corrected chi connectivity index (χ4v) is 3.05. The van der Waals surface area contributed by atoms with Crippen LogP contribution < -0.4 is 9.88 Å². The van der Waals surface area contributed by atoms with Crippen molar-refractivity contribution < 1.29 is 4.74 Å². The number of benzene rings is 1. The Morgan fingerprint density at radius 2 is 1.75 bits per heavy atom. The van der Waals surface area contributed by atoms with E-state index in [0.29, 0.717) is 0 Å². The summed E-state index contributed by atoms with van der Waals surface area (Å²) < 4.78 is 6.04.